The lowest BCUT2D eigenvalue weighted by Crippen LogP contribution is -2.35. The molecule has 2 aromatic rings. The van der Waals surface area contributed by atoms with Crippen molar-refractivity contribution in [1.29, 1.82) is 0 Å². The van der Waals surface area contributed by atoms with Gasteiger partial charge in [0.1, 0.15) is 11.1 Å². The molecule has 2 rings (SSSR count). The van der Waals surface area contributed by atoms with Crippen molar-refractivity contribution < 1.29 is 19.8 Å². The Morgan fingerprint density at radius 2 is 1.14 bits per heavy atom. The number of amides is 2. The van der Waals surface area contributed by atoms with Crippen LogP contribution in [0.3, 0.4) is 0 Å². The molecule has 0 radical (unpaired) electrons. The molecular formula is C12H10N8O6S2. The fourth-order valence-corrected chi connectivity index (χ4v) is 2.00. The second-order valence-electron chi connectivity index (χ2n) is 4.74. The highest BCUT2D eigenvalue weighted by atomic mass is 32.1. The molecule has 14 nitrogen and oxygen atoms in total. The van der Waals surface area contributed by atoms with Gasteiger partial charge in [-0.1, -0.05) is 0 Å². The minimum Gasteiger partial charge on any atom is -0.494 e. The van der Waals surface area contributed by atoms with Gasteiger partial charge < -0.3 is 20.2 Å². The number of H-pyrrole nitrogens is 4. The van der Waals surface area contributed by atoms with Crippen molar-refractivity contribution >= 4 is 48.7 Å². The summed E-state index contributed by atoms with van der Waals surface area (Å²) in [4.78, 5) is 55.1. The van der Waals surface area contributed by atoms with Gasteiger partial charge in [0.2, 0.25) is 11.8 Å². The number of aromatic nitrogens is 4. The summed E-state index contributed by atoms with van der Waals surface area (Å²) in [6, 6.07) is 0. The van der Waals surface area contributed by atoms with Crippen molar-refractivity contribution in [3.05, 3.63) is 41.4 Å². The molecule has 0 bridgehead atoms. The molecule has 2 amide bonds. The molecular weight excluding hydrogens is 416 g/mol. The standard InChI is InChI=1S/C12H10N8O6S2/c21-5-3(6(22)16-11(27)15-5)1-13-19-9(25)10(26)20-14-2-4-7(23)17-12(28)18-8(4)24/h1-2H,(H,19,25)(H,20,26)(H3,15,16,21,22,27)(H3,17,18,23,24,28). The van der Waals surface area contributed by atoms with E-state index < -0.39 is 34.7 Å². The molecule has 0 spiro atoms. The second-order valence-corrected chi connectivity index (χ2v) is 5.56. The molecule has 146 valence electrons. The second kappa shape index (κ2) is 8.64. The van der Waals surface area contributed by atoms with E-state index in [9.17, 15) is 29.4 Å². The Morgan fingerprint density at radius 1 is 0.786 bits per heavy atom. The smallest absolute Gasteiger partial charge is 0.331 e. The third-order valence-electron chi connectivity index (χ3n) is 2.84. The highest BCUT2D eigenvalue weighted by Crippen LogP contribution is 2.04. The van der Waals surface area contributed by atoms with Gasteiger partial charge in [0.15, 0.2) is 9.54 Å². The average molecular weight is 426 g/mol. The van der Waals surface area contributed by atoms with Gasteiger partial charge >= 0.3 is 11.8 Å². The zero-order chi connectivity index (χ0) is 20.8. The summed E-state index contributed by atoms with van der Waals surface area (Å²) in [7, 11) is 0. The predicted molar refractivity (Wildman–Crippen MR) is 99.3 cm³/mol. The maximum absolute atomic E-state index is 11.6. The summed E-state index contributed by atoms with van der Waals surface area (Å²) in [6.45, 7) is 0. The number of hydrazone groups is 2. The van der Waals surface area contributed by atoms with E-state index in [0.29, 0.717) is 0 Å². The molecule has 8 N–H and O–H groups in total. The van der Waals surface area contributed by atoms with Gasteiger partial charge in [0.25, 0.3) is 11.1 Å². The monoisotopic (exact) mass is 426 g/mol. The van der Waals surface area contributed by atoms with Gasteiger partial charge in [-0.15, -0.1) is 0 Å². The number of hydrogen-bond acceptors (Lipinski definition) is 10. The number of nitrogens with zero attached hydrogens (tertiary/aromatic N) is 2. The van der Waals surface area contributed by atoms with Gasteiger partial charge in [-0.05, 0) is 24.4 Å². The van der Waals surface area contributed by atoms with Crippen molar-refractivity contribution in [1.82, 2.24) is 30.8 Å². The molecule has 28 heavy (non-hydrogen) atoms. The van der Waals surface area contributed by atoms with Crippen LogP contribution in [-0.4, -0.2) is 54.4 Å². The topological polar surface area (TPSA) is 221 Å². The number of carbonyl (C=O) groups is 2. The summed E-state index contributed by atoms with van der Waals surface area (Å²) in [5, 5.41) is 25.7. The minimum atomic E-state index is -1.28. The summed E-state index contributed by atoms with van der Waals surface area (Å²) >= 11 is 9.27. The van der Waals surface area contributed by atoms with Crippen LogP contribution in [-0.2, 0) is 9.59 Å². The molecule has 0 unspecified atom stereocenters. The first-order valence-electron chi connectivity index (χ1n) is 6.96. The van der Waals surface area contributed by atoms with Crippen molar-refractivity contribution in [2.24, 2.45) is 10.2 Å². The van der Waals surface area contributed by atoms with Crippen molar-refractivity contribution in [3.8, 4) is 11.8 Å². The van der Waals surface area contributed by atoms with Crippen LogP contribution >= 0.6 is 24.4 Å². The molecule has 0 aliphatic carbocycles. The van der Waals surface area contributed by atoms with Crippen molar-refractivity contribution in [3.63, 3.8) is 0 Å². The number of aromatic amines is 4. The first-order chi connectivity index (χ1) is 13.2. The summed E-state index contributed by atoms with van der Waals surface area (Å²) in [5.41, 5.74) is 1.32. The van der Waals surface area contributed by atoms with Gasteiger partial charge in [0, 0.05) is 0 Å². The maximum atomic E-state index is 11.6. The summed E-state index contributed by atoms with van der Waals surface area (Å²) < 4.78 is -0.239. The fraction of sp³-hybridized carbons (Fsp3) is 0. The zero-order valence-corrected chi connectivity index (χ0v) is 15.0. The third-order valence-corrected chi connectivity index (χ3v) is 3.25. The van der Waals surface area contributed by atoms with Crippen molar-refractivity contribution in [2.45, 2.75) is 0 Å². The number of carbonyl (C=O) groups excluding carboxylic acids is 2. The van der Waals surface area contributed by atoms with Crippen LogP contribution in [0.4, 0.5) is 0 Å². The SMILES string of the molecule is O=C(NN=Cc1c(O)[nH]c(=S)[nH]c1=O)C(=O)NN=Cc1c(O)[nH]c(=S)[nH]c1=O. The van der Waals surface area contributed by atoms with E-state index in [1.165, 1.54) is 0 Å². The van der Waals surface area contributed by atoms with Gasteiger partial charge in [-0.2, -0.15) is 10.2 Å². The minimum absolute atomic E-state index is 0.120. The Labute approximate surface area is 163 Å². The molecule has 0 saturated carbocycles. The number of rotatable bonds is 4. The maximum Gasteiger partial charge on any atom is 0.331 e. The Kier molecular flexibility index (Phi) is 6.30. The largest absolute Gasteiger partial charge is 0.494 e. The summed E-state index contributed by atoms with van der Waals surface area (Å²) in [6.07, 6.45) is 1.55. The van der Waals surface area contributed by atoms with Crippen LogP contribution in [0.25, 0.3) is 0 Å². The number of aromatic hydroxyl groups is 2. The molecule has 0 saturated heterocycles. The fourth-order valence-electron chi connectivity index (χ4n) is 1.62. The van der Waals surface area contributed by atoms with Crippen LogP contribution in [0.1, 0.15) is 11.1 Å². The van der Waals surface area contributed by atoms with Crippen LogP contribution in [0.15, 0.2) is 19.8 Å². The van der Waals surface area contributed by atoms with E-state index in [-0.39, 0.29) is 20.7 Å². The average Bonchev–Trinajstić information content (AvgIpc) is 2.58. The van der Waals surface area contributed by atoms with E-state index in [4.69, 9.17) is 0 Å². The molecule has 16 heteroatoms. The Bertz CT molecular complexity index is 1120. The Morgan fingerprint density at radius 3 is 1.46 bits per heavy atom. The van der Waals surface area contributed by atoms with E-state index in [1.54, 1.807) is 10.9 Å². The lowest BCUT2D eigenvalue weighted by Gasteiger charge is -2.00. The van der Waals surface area contributed by atoms with Crippen LogP contribution in [0, 0.1) is 9.54 Å². The molecule has 2 aromatic heterocycles. The lowest BCUT2D eigenvalue weighted by molar-refractivity contribution is -0.139. The number of hydrogen-bond donors (Lipinski definition) is 8. The predicted octanol–water partition coefficient (Wildman–Crippen LogP) is -1.81. The molecule has 0 aromatic carbocycles. The zero-order valence-electron chi connectivity index (χ0n) is 13.4. The van der Waals surface area contributed by atoms with Crippen LogP contribution < -0.4 is 22.0 Å². The molecule has 0 aliphatic heterocycles. The summed E-state index contributed by atoms with van der Waals surface area (Å²) in [5.74, 6) is -3.74. The highest BCUT2D eigenvalue weighted by Gasteiger charge is 2.12. The normalized spacial score (nSPS) is 11.0. The molecule has 0 fully saturated rings. The molecule has 2 heterocycles. The number of nitrogens with one attached hydrogen (secondary N) is 6. The lowest BCUT2D eigenvalue weighted by atomic mass is 10.3. The molecule has 0 aliphatic rings. The third kappa shape index (κ3) is 5.05. The van der Waals surface area contributed by atoms with Gasteiger partial charge in [0.05, 0.1) is 12.4 Å². The van der Waals surface area contributed by atoms with Crippen LogP contribution in [0.2, 0.25) is 0 Å². The first-order valence-corrected chi connectivity index (χ1v) is 7.78. The first kappa shape index (κ1) is 20.4. The quantitative estimate of drug-likeness (QED) is 0.120. The van der Waals surface area contributed by atoms with E-state index in [2.05, 4.69) is 54.6 Å². The molecule has 0 atom stereocenters. The Balaban J connectivity index is 2.00. The van der Waals surface area contributed by atoms with E-state index in [1.807, 2.05) is 0 Å². The Hall–Kier alpha value is -3.92. The highest BCUT2D eigenvalue weighted by molar-refractivity contribution is 7.71. The van der Waals surface area contributed by atoms with Gasteiger partial charge in [-0.3, -0.25) is 29.1 Å². The van der Waals surface area contributed by atoms with Gasteiger partial charge in [-0.25, -0.2) is 10.9 Å². The van der Waals surface area contributed by atoms with E-state index in [0.717, 1.165) is 12.4 Å². The van der Waals surface area contributed by atoms with E-state index >= 15 is 0 Å². The van der Waals surface area contributed by atoms with Crippen LogP contribution in [0.5, 0.6) is 11.8 Å². The van der Waals surface area contributed by atoms with Crippen molar-refractivity contribution in [2.75, 3.05) is 0 Å².